The topological polar surface area (TPSA) is 94.8 Å². The SMILES string of the molecule is N#Cc1ccc(CCCC(=O)[C@@H]2CCCN2c2cc(Nc3ccncc3)nc(C(F)(F)F)n2)cc1. The third-order valence-corrected chi connectivity index (χ3v) is 5.81. The number of carbonyl (C=O) groups excluding carboxylic acids is 1. The van der Waals surface area contributed by atoms with Crippen LogP contribution in [0.4, 0.5) is 30.5 Å². The molecule has 7 nitrogen and oxygen atoms in total. The highest BCUT2D eigenvalue weighted by Crippen LogP contribution is 2.33. The first kappa shape index (κ1) is 24.1. The Balaban J connectivity index is 1.48. The van der Waals surface area contributed by atoms with Crippen LogP contribution in [0.1, 0.15) is 42.6 Å². The molecule has 1 saturated heterocycles. The molecule has 0 aliphatic carbocycles. The Morgan fingerprint density at radius 3 is 2.57 bits per heavy atom. The number of aromatic nitrogens is 3. The number of nitrogens with one attached hydrogen (secondary N) is 1. The normalized spacial score (nSPS) is 15.6. The maximum Gasteiger partial charge on any atom is 0.451 e. The Morgan fingerprint density at radius 1 is 1.14 bits per heavy atom. The van der Waals surface area contributed by atoms with Crippen LogP contribution in [0.5, 0.6) is 0 Å². The molecular formula is C25H23F3N6O. The van der Waals surface area contributed by atoms with E-state index < -0.39 is 18.0 Å². The molecule has 0 unspecified atom stereocenters. The third kappa shape index (κ3) is 6.12. The van der Waals surface area contributed by atoms with E-state index in [0.717, 1.165) is 5.56 Å². The van der Waals surface area contributed by atoms with E-state index in [1.807, 2.05) is 12.1 Å². The first-order valence-corrected chi connectivity index (χ1v) is 11.3. The van der Waals surface area contributed by atoms with E-state index in [2.05, 4.69) is 26.3 Å². The highest BCUT2D eigenvalue weighted by Gasteiger charge is 2.38. The van der Waals surface area contributed by atoms with Gasteiger partial charge in [-0.25, -0.2) is 9.97 Å². The number of anilines is 3. The molecular weight excluding hydrogens is 457 g/mol. The zero-order valence-electron chi connectivity index (χ0n) is 18.8. The molecule has 1 atom stereocenters. The first-order chi connectivity index (χ1) is 16.8. The van der Waals surface area contributed by atoms with Crippen LogP contribution in [0.25, 0.3) is 0 Å². The minimum atomic E-state index is -4.73. The van der Waals surface area contributed by atoms with E-state index in [1.165, 1.54) is 18.5 Å². The average molecular weight is 480 g/mol. The number of benzene rings is 1. The number of hydrogen-bond donors (Lipinski definition) is 1. The summed E-state index contributed by atoms with van der Waals surface area (Å²) in [6, 6.07) is 13.4. The number of carbonyl (C=O) groups is 1. The van der Waals surface area contributed by atoms with Gasteiger partial charge in [0.1, 0.15) is 11.6 Å². The summed E-state index contributed by atoms with van der Waals surface area (Å²) in [6.07, 6.45) is 1.14. The van der Waals surface area contributed by atoms with Gasteiger partial charge >= 0.3 is 6.18 Å². The van der Waals surface area contributed by atoms with E-state index in [-0.39, 0.29) is 17.4 Å². The maximum absolute atomic E-state index is 13.5. The number of halogens is 3. The number of nitriles is 1. The smallest absolute Gasteiger partial charge is 0.346 e. The summed E-state index contributed by atoms with van der Waals surface area (Å²) in [6.45, 7) is 0.440. The minimum absolute atomic E-state index is 0.00700. The number of nitrogens with zero attached hydrogens (tertiary/aromatic N) is 5. The van der Waals surface area contributed by atoms with Crippen LogP contribution in [-0.4, -0.2) is 33.3 Å². The fourth-order valence-electron chi connectivity index (χ4n) is 4.11. The van der Waals surface area contributed by atoms with Crippen LogP contribution in [0.2, 0.25) is 0 Å². The number of pyridine rings is 1. The second kappa shape index (κ2) is 10.5. The van der Waals surface area contributed by atoms with Crippen molar-refractivity contribution in [3.05, 3.63) is 71.8 Å². The number of alkyl halides is 3. The van der Waals surface area contributed by atoms with E-state index in [1.54, 1.807) is 29.2 Å². The van der Waals surface area contributed by atoms with Gasteiger partial charge in [-0.05, 0) is 55.5 Å². The number of aryl methyl sites for hydroxylation is 1. The van der Waals surface area contributed by atoms with E-state index in [0.29, 0.717) is 49.9 Å². The van der Waals surface area contributed by atoms with Gasteiger partial charge in [0.15, 0.2) is 5.78 Å². The summed E-state index contributed by atoms with van der Waals surface area (Å²) in [5, 5.41) is 11.8. The quantitative estimate of drug-likeness (QED) is 0.481. The lowest BCUT2D eigenvalue weighted by Crippen LogP contribution is -2.37. The number of ketones is 1. The molecule has 1 aliphatic rings. The molecule has 3 aromatic rings. The monoisotopic (exact) mass is 480 g/mol. The molecule has 35 heavy (non-hydrogen) atoms. The van der Waals surface area contributed by atoms with E-state index >= 15 is 0 Å². The Hall–Kier alpha value is -4.00. The molecule has 0 radical (unpaired) electrons. The molecule has 3 heterocycles. The lowest BCUT2D eigenvalue weighted by atomic mass is 10.0. The highest BCUT2D eigenvalue weighted by atomic mass is 19.4. The second-order valence-corrected chi connectivity index (χ2v) is 8.27. The van der Waals surface area contributed by atoms with Gasteiger partial charge in [-0.2, -0.15) is 18.4 Å². The fourth-order valence-corrected chi connectivity index (χ4v) is 4.11. The lowest BCUT2D eigenvalue weighted by molar-refractivity contribution is -0.144. The molecule has 0 spiro atoms. The van der Waals surface area contributed by atoms with Crippen molar-refractivity contribution in [3.63, 3.8) is 0 Å². The van der Waals surface area contributed by atoms with Gasteiger partial charge in [-0.15, -0.1) is 0 Å². The maximum atomic E-state index is 13.5. The standard InChI is InChI=1S/C25H23F3N6O/c26-25(27,28)24-32-22(31-19-10-12-30-13-11-19)15-23(33-24)34-14-2-4-20(34)21(35)5-1-3-17-6-8-18(16-29)9-7-17/h6-13,15,20H,1-5,14H2,(H,30,31,32,33)/t20-/m0/s1. The van der Waals surface area contributed by atoms with Crippen molar-refractivity contribution < 1.29 is 18.0 Å². The predicted octanol–water partition coefficient (Wildman–Crippen LogP) is 5.07. The molecule has 0 saturated carbocycles. The van der Waals surface area contributed by atoms with Crippen molar-refractivity contribution in [3.8, 4) is 6.07 Å². The Labute approximate surface area is 200 Å². The minimum Gasteiger partial charge on any atom is -0.346 e. The molecule has 4 rings (SSSR count). The van der Waals surface area contributed by atoms with Crippen LogP contribution >= 0.6 is 0 Å². The van der Waals surface area contributed by atoms with Gasteiger partial charge in [-0.1, -0.05) is 12.1 Å². The molecule has 10 heteroatoms. The van der Waals surface area contributed by atoms with Crippen molar-refractivity contribution in [1.29, 1.82) is 5.26 Å². The van der Waals surface area contributed by atoms with Gasteiger partial charge in [0.2, 0.25) is 5.82 Å². The molecule has 2 aromatic heterocycles. The van der Waals surface area contributed by atoms with Gasteiger partial charge in [0.25, 0.3) is 0 Å². The van der Waals surface area contributed by atoms with Crippen molar-refractivity contribution in [2.24, 2.45) is 0 Å². The Bertz CT molecular complexity index is 1210. The predicted molar refractivity (Wildman–Crippen MR) is 124 cm³/mol. The van der Waals surface area contributed by atoms with E-state index in [9.17, 15) is 18.0 Å². The summed E-state index contributed by atoms with van der Waals surface area (Å²) in [7, 11) is 0. The van der Waals surface area contributed by atoms with Crippen LogP contribution in [0.3, 0.4) is 0 Å². The molecule has 1 fully saturated rings. The van der Waals surface area contributed by atoms with Crippen LogP contribution < -0.4 is 10.2 Å². The average Bonchev–Trinajstić information content (AvgIpc) is 3.35. The summed E-state index contributed by atoms with van der Waals surface area (Å²) in [5.74, 6) is -1.21. The molecule has 0 amide bonds. The first-order valence-electron chi connectivity index (χ1n) is 11.3. The Kier molecular flexibility index (Phi) is 7.25. The molecule has 180 valence electrons. The zero-order valence-corrected chi connectivity index (χ0v) is 18.8. The van der Waals surface area contributed by atoms with Crippen LogP contribution in [0, 0.1) is 11.3 Å². The number of Topliss-reactive ketones (excluding diaryl/α,β-unsaturated/α-hetero) is 1. The largest absolute Gasteiger partial charge is 0.451 e. The summed E-state index contributed by atoms with van der Waals surface area (Å²) >= 11 is 0. The van der Waals surface area contributed by atoms with Crippen molar-refractivity contribution in [2.45, 2.75) is 44.3 Å². The summed E-state index contributed by atoms with van der Waals surface area (Å²) < 4.78 is 40.6. The lowest BCUT2D eigenvalue weighted by Gasteiger charge is -2.26. The number of hydrogen-bond acceptors (Lipinski definition) is 7. The second-order valence-electron chi connectivity index (χ2n) is 8.27. The van der Waals surface area contributed by atoms with Gasteiger partial charge in [-0.3, -0.25) is 9.78 Å². The third-order valence-electron chi connectivity index (χ3n) is 5.81. The molecule has 1 aliphatic heterocycles. The Morgan fingerprint density at radius 2 is 1.89 bits per heavy atom. The summed E-state index contributed by atoms with van der Waals surface area (Å²) in [4.78, 5) is 26.0. The van der Waals surface area contributed by atoms with Gasteiger partial charge in [0, 0.05) is 37.1 Å². The fraction of sp³-hybridized carbons (Fsp3) is 0.320. The van der Waals surface area contributed by atoms with Crippen LogP contribution in [0.15, 0.2) is 54.9 Å². The summed E-state index contributed by atoms with van der Waals surface area (Å²) in [5.41, 5.74) is 2.14. The van der Waals surface area contributed by atoms with Crippen molar-refractivity contribution >= 4 is 23.1 Å². The molecule has 1 N–H and O–H groups in total. The molecule has 0 bridgehead atoms. The van der Waals surface area contributed by atoms with E-state index in [4.69, 9.17) is 5.26 Å². The van der Waals surface area contributed by atoms with Gasteiger partial charge < -0.3 is 10.2 Å². The van der Waals surface area contributed by atoms with Gasteiger partial charge in [0.05, 0.1) is 17.7 Å². The zero-order chi connectivity index (χ0) is 24.8. The highest BCUT2D eigenvalue weighted by molar-refractivity contribution is 5.87. The molecule has 1 aromatic carbocycles. The van der Waals surface area contributed by atoms with Crippen molar-refractivity contribution in [2.75, 3.05) is 16.8 Å². The van der Waals surface area contributed by atoms with Crippen LogP contribution in [-0.2, 0) is 17.4 Å². The van der Waals surface area contributed by atoms with Crippen molar-refractivity contribution in [1.82, 2.24) is 15.0 Å². The number of rotatable bonds is 8.